The maximum absolute atomic E-state index is 10.8. The van der Waals surface area contributed by atoms with Gasteiger partial charge in [-0.05, 0) is 25.7 Å². The lowest BCUT2D eigenvalue weighted by Crippen LogP contribution is -2.17. The maximum atomic E-state index is 10.8. The predicted octanol–water partition coefficient (Wildman–Crippen LogP) is 3.16. The zero-order valence-corrected chi connectivity index (χ0v) is 9.47. The molecule has 0 aromatic rings. The summed E-state index contributed by atoms with van der Waals surface area (Å²) in [6, 6.07) is 0. The van der Waals surface area contributed by atoms with Gasteiger partial charge in [0, 0.05) is 11.4 Å². The number of allylic oxidation sites excluding steroid dienone is 1. The van der Waals surface area contributed by atoms with E-state index in [9.17, 15) is 4.79 Å². The molecule has 0 spiro atoms. The quantitative estimate of drug-likeness (QED) is 0.665. The van der Waals surface area contributed by atoms with E-state index in [1.165, 1.54) is 19.8 Å². The molecule has 0 fully saturated rings. The molecule has 0 amide bonds. The molecule has 0 saturated carbocycles. The Bertz CT molecular complexity index is 211. The largest absolute Gasteiger partial charge is 0.457 e. The van der Waals surface area contributed by atoms with Crippen molar-refractivity contribution < 1.29 is 9.53 Å². The van der Waals surface area contributed by atoms with Crippen molar-refractivity contribution in [1.82, 2.24) is 0 Å². The molecular formula is C10H15BrO2. The second kappa shape index (κ2) is 5.43. The standard InChI is InChI=1S/C10H15BrO2/c1-8(12)13-10-7-5-3-2-4-6-9(10)11/h6,10H,2-5,7H2,1H3/b9-6+. The average Bonchev–Trinajstić information content (AvgIpc) is 2.04. The van der Waals surface area contributed by atoms with Gasteiger partial charge in [0.05, 0.1) is 0 Å². The lowest BCUT2D eigenvalue weighted by Gasteiger charge is -2.18. The van der Waals surface area contributed by atoms with Crippen LogP contribution in [0.5, 0.6) is 0 Å². The maximum Gasteiger partial charge on any atom is 0.303 e. The van der Waals surface area contributed by atoms with Gasteiger partial charge in [0.2, 0.25) is 0 Å². The van der Waals surface area contributed by atoms with Gasteiger partial charge >= 0.3 is 5.97 Å². The van der Waals surface area contributed by atoms with Crippen molar-refractivity contribution in [3.05, 3.63) is 10.6 Å². The molecule has 0 heterocycles. The summed E-state index contributed by atoms with van der Waals surface area (Å²) >= 11 is 3.45. The van der Waals surface area contributed by atoms with E-state index >= 15 is 0 Å². The third kappa shape index (κ3) is 3.94. The van der Waals surface area contributed by atoms with Crippen molar-refractivity contribution in [2.24, 2.45) is 0 Å². The molecular weight excluding hydrogens is 232 g/mol. The van der Waals surface area contributed by atoms with Crippen LogP contribution in [0.1, 0.15) is 39.0 Å². The molecule has 1 aliphatic carbocycles. The first kappa shape index (κ1) is 10.8. The monoisotopic (exact) mass is 246 g/mol. The van der Waals surface area contributed by atoms with Crippen LogP contribution in [-0.2, 0) is 9.53 Å². The van der Waals surface area contributed by atoms with Gasteiger partial charge in [-0.1, -0.05) is 28.4 Å². The Kier molecular flexibility index (Phi) is 4.50. The van der Waals surface area contributed by atoms with E-state index in [1.807, 2.05) is 0 Å². The summed E-state index contributed by atoms with van der Waals surface area (Å²) in [6.45, 7) is 1.46. The molecule has 0 radical (unpaired) electrons. The summed E-state index contributed by atoms with van der Waals surface area (Å²) < 4.78 is 6.21. The minimum atomic E-state index is -0.198. The van der Waals surface area contributed by atoms with Gasteiger partial charge in [0.1, 0.15) is 6.10 Å². The van der Waals surface area contributed by atoms with Gasteiger partial charge in [-0.15, -0.1) is 0 Å². The van der Waals surface area contributed by atoms with Crippen LogP contribution in [0.3, 0.4) is 0 Å². The van der Waals surface area contributed by atoms with Crippen molar-refractivity contribution in [2.75, 3.05) is 0 Å². The SMILES string of the molecule is CC(=O)OC1CCCCC/C=C\1Br. The minimum Gasteiger partial charge on any atom is -0.457 e. The van der Waals surface area contributed by atoms with E-state index in [4.69, 9.17) is 4.74 Å². The molecule has 0 aromatic heterocycles. The van der Waals surface area contributed by atoms with Gasteiger partial charge in [-0.25, -0.2) is 0 Å². The first-order valence-corrected chi connectivity index (χ1v) is 5.52. The van der Waals surface area contributed by atoms with Crippen LogP contribution in [0.25, 0.3) is 0 Å². The number of halogens is 1. The second-order valence-corrected chi connectivity index (χ2v) is 4.24. The highest BCUT2D eigenvalue weighted by molar-refractivity contribution is 9.11. The van der Waals surface area contributed by atoms with Crippen LogP contribution >= 0.6 is 15.9 Å². The molecule has 3 heteroatoms. The van der Waals surface area contributed by atoms with Gasteiger partial charge in [-0.3, -0.25) is 4.79 Å². The Balaban J connectivity index is 2.56. The summed E-state index contributed by atoms with van der Waals surface area (Å²) in [5.74, 6) is -0.198. The summed E-state index contributed by atoms with van der Waals surface area (Å²) in [5.41, 5.74) is 0. The van der Waals surface area contributed by atoms with Crippen LogP contribution in [-0.4, -0.2) is 12.1 Å². The van der Waals surface area contributed by atoms with E-state index in [0.717, 1.165) is 23.7 Å². The molecule has 0 N–H and O–H groups in total. The van der Waals surface area contributed by atoms with Crippen molar-refractivity contribution >= 4 is 21.9 Å². The number of rotatable bonds is 1. The molecule has 2 nitrogen and oxygen atoms in total. The Hall–Kier alpha value is -0.310. The number of hydrogen-bond acceptors (Lipinski definition) is 2. The van der Waals surface area contributed by atoms with E-state index in [0.29, 0.717) is 0 Å². The molecule has 0 bridgehead atoms. The molecule has 1 rings (SSSR count). The van der Waals surface area contributed by atoms with Crippen LogP contribution in [0.2, 0.25) is 0 Å². The molecule has 1 unspecified atom stereocenters. The molecule has 1 atom stereocenters. The fourth-order valence-electron chi connectivity index (χ4n) is 1.48. The van der Waals surface area contributed by atoms with Crippen molar-refractivity contribution in [2.45, 2.75) is 45.1 Å². The second-order valence-electron chi connectivity index (χ2n) is 3.33. The first-order valence-electron chi connectivity index (χ1n) is 4.73. The zero-order valence-electron chi connectivity index (χ0n) is 7.88. The van der Waals surface area contributed by atoms with E-state index in [-0.39, 0.29) is 12.1 Å². The summed E-state index contributed by atoms with van der Waals surface area (Å²) in [6.07, 6.45) is 7.71. The van der Waals surface area contributed by atoms with Crippen molar-refractivity contribution in [3.8, 4) is 0 Å². The summed E-state index contributed by atoms with van der Waals surface area (Å²) in [4.78, 5) is 10.8. The lowest BCUT2D eigenvalue weighted by molar-refractivity contribution is -0.144. The van der Waals surface area contributed by atoms with E-state index in [1.54, 1.807) is 0 Å². The molecule has 0 aliphatic heterocycles. The fourth-order valence-corrected chi connectivity index (χ4v) is 2.03. The zero-order chi connectivity index (χ0) is 9.68. The number of hydrogen-bond donors (Lipinski definition) is 0. The topological polar surface area (TPSA) is 26.3 Å². The third-order valence-corrected chi connectivity index (χ3v) is 2.96. The van der Waals surface area contributed by atoms with Crippen LogP contribution in [0.4, 0.5) is 0 Å². The van der Waals surface area contributed by atoms with Crippen LogP contribution < -0.4 is 0 Å². The van der Waals surface area contributed by atoms with Crippen LogP contribution in [0.15, 0.2) is 10.6 Å². The summed E-state index contributed by atoms with van der Waals surface area (Å²) in [5, 5.41) is 0. The van der Waals surface area contributed by atoms with E-state index < -0.39 is 0 Å². The van der Waals surface area contributed by atoms with Crippen LogP contribution in [0, 0.1) is 0 Å². The highest BCUT2D eigenvalue weighted by Gasteiger charge is 2.16. The van der Waals surface area contributed by atoms with E-state index in [2.05, 4.69) is 22.0 Å². The normalized spacial score (nSPS) is 28.2. The fraction of sp³-hybridized carbons (Fsp3) is 0.700. The molecule has 1 aliphatic rings. The van der Waals surface area contributed by atoms with Gasteiger partial charge in [0.25, 0.3) is 0 Å². The number of ether oxygens (including phenoxy) is 1. The molecule has 0 aromatic carbocycles. The Labute approximate surface area is 87.5 Å². The Morgan fingerprint density at radius 3 is 3.00 bits per heavy atom. The van der Waals surface area contributed by atoms with Gasteiger partial charge in [-0.2, -0.15) is 0 Å². The number of esters is 1. The molecule has 0 saturated heterocycles. The van der Waals surface area contributed by atoms with Gasteiger partial charge < -0.3 is 4.74 Å². The number of carbonyl (C=O) groups is 1. The first-order chi connectivity index (χ1) is 6.20. The van der Waals surface area contributed by atoms with Crippen molar-refractivity contribution in [3.63, 3.8) is 0 Å². The highest BCUT2D eigenvalue weighted by atomic mass is 79.9. The predicted molar refractivity (Wildman–Crippen MR) is 55.6 cm³/mol. The van der Waals surface area contributed by atoms with Crippen molar-refractivity contribution in [1.29, 1.82) is 0 Å². The average molecular weight is 247 g/mol. The Morgan fingerprint density at radius 2 is 2.31 bits per heavy atom. The lowest BCUT2D eigenvalue weighted by atomic mass is 10.0. The molecule has 74 valence electrons. The number of carbonyl (C=O) groups excluding carboxylic acids is 1. The third-order valence-electron chi connectivity index (χ3n) is 2.13. The Morgan fingerprint density at radius 1 is 1.54 bits per heavy atom. The minimum absolute atomic E-state index is 0.0437. The highest BCUT2D eigenvalue weighted by Crippen LogP contribution is 2.24. The molecule has 13 heavy (non-hydrogen) atoms. The summed E-state index contributed by atoms with van der Waals surface area (Å²) in [7, 11) is 0. The smallest absolute Gasteiger partial charge is 0.303 e. The van der Waals surface area contributed by atoms with Gasteiger partial charge in [0.15, 0.2) is 0 Å².